The van der Waals surface area contributed by atoms with Crippen molar-refractivity contribution in [2.45, 2.75) is 6.92 Å². The Balaban J connectivity index is 1.76. The number of nitrogens with one attached hydrogen (secondary N) is 1. The zero-order chi connectivity index (χ0) is 13.9. The molecule has 20 heavy (non-hydrogen) atoms. The molecule has 0 unspecified atom stereocenters. The molecule has 0 aliphatic carbocycles. The lowest BCUT2D eigenvalue weighted by Crippen LogP contribution is -1.99. The first kappa shape index (κ1) is 12.8. The highest BCUT2D eigenvalue weighted by molar-refractivity contribution is 6.30. The van der Waals surface area contributed by atoms with E-state index in [4.69, 9.17) is 21.1 Å². The highest BCUT2D eigenvalue weighted by atomic mass is 35.5. The summed E-state index contributed by atoms with van der Waals surface area (Å²) in [5.41, 5.74) is 5.72. The Kier molecular flexibility index (Phi) is 3.48. The van der Waals surface area contributed by atoms with Crippen LogP contribution in [-0.2, 0) is 0 Å². The van der Waals surface area contributed by atoms with Crippen molar-refractivity contribution in [3.8, 4) is 11.5 Å². The molecular weight excluding hydrogens is 276 g/mol. The van der Waals surface area contributed by atoms with E-state index < -0.39 is 0 Å². The second-order valence-corrected chi connectivity index (χ2v) is 4.82. The molecule has 3 rings (SSSR count). The molecule has 0 amide bonds. The fourth-order valence-corrected chi connectivity index (χ4v) is 1.98. The Morgan fingerprint density at radius 2 is 1.85 bits per heavy atom. The van der Waals surface area contributed by atoms with Crippen LogP contribution in [0.1, 0.15) is 12.5 Å². The normalized spacial score (nSPS) is 13.4. The van der Waals surface area contributed by atoms with E-state index in [1.165, 1.54) is 0 Å². The predicted molar refractivity (Wildman–Crippen MR) is 79.9 cm³/mol. The van der Waals surface area contributed by atoms with Crippen LogP contribution in [-0.4, -0.2) is 12.5 Å². The third kappa shape index (κ3) is 2.70. The molecule has 5 heteroatoms. The standard InChI is InChI=1S/C15H13ClN2O2/c1-10(17-18-13-5-3-12(16)4-6-13)11-2-7-14-15(8-11)20-9-19-14/h2-8,18H,9H2,1H3/b17-10-. The van der Waals surface area contributed by atoms with Crippen LogP contribution < -0.4 is 14.9 Å². The second-order valence-electron chi connectivity index (χ2n) is 4.38. The summed E-state index contributed by atoms with van der Waals surface area (Å²) in [5, 5.41) is 5.05. The zero-order valence-corrected chi connectivity index (χ0v) is 11.6. The summed E-state index contributed by atoms with van der Waals surface area (Å²) in [7, 11) is 0. The molecule has 0 atom stereocenters. The molecule has 4 nitrogen and oxygen atoms in total. The van der Waals surface area contributed by atoms with Gasteiger partial charge >= 0.3 is 0 Å². The van der Waals surface area contributed by atoms with Crippen LogP contribution in [0.15, 0.2) is 47.6 Å². The van der Waals surface area contributed by atoms with Crippen molar-refractivity contribution < 1.29 is 9.47 Å². The first-order valence-electron chi connectivity index (χ1n) is 6.18. The number of hydrogen-bond acceptors (Lipinski definition) is 4. The smallest absolute Gasteiger partial charge is 0.231 e. The van der Waals surface area contributed by atoms with Gasteiger partial charge in [-0.25, -0.2) is 0 Å². The molecule has 2 aromatic carbocycles. The van der Waals surface area contributed by atoms with Crippen molar-refractivity contribution in [2.75, 3.05) is 12.2 Å². The van der Waals surface area contributed by atoms with Gasteiger partial charge in [0.25, 0.3) is 0 Å². The van der Waals surface area contributed by atoms with Gasteiger partial charge in [0.2, 0.25) is 6.79 Å². The first-order chi connectivity index (χ1) is 9.72. The number of anilines is 1. The lowest BCUT2D eigenvalue weighted by Gasteiger charge is -2.05. The van der Waals surface area contributed by atoms with E-state index >= 15 is 0 Å². The average molecular weight is 289 g/mol. The Morgan fingerprint density at radius 3 is 2.65 bits per heavy atom. The van der Waals surface area contributed by atoms with Crippen LogP contribution in [0, 0.1) is 0 Å². The van der Waals surface area contributed by atoms with Gasteiger partial charge in [0.15, 0.2) is 11.5 Å². The molecule has 1 aliphatic rings. The summed E-state index contributed by atoms with van der Waals surface area (Å²) < 4.78 is 10.6. The number of halogens is 1. The number of hydrogen-bond donors (Lipinski definition) is 1. The van der Waals surface area contributed by atoms with E-state index in [-0.39, 0.29) is 6.79 Å². The van der Waals surface area contributed by atoms with E-state index in [1.807, 2.05) is 49.4 Å². The average Bonchev–Trinajstić information content (AvgIpc) is 2.93. The van der Waals surface area contributed by atoms with E-state index in [2.05, 4.69) is 10.5 Å². The molecule has 0 bridgehead atoms. The molecule has 1 aliphatic heterocycles. The van der Waals surface area contributed by atoms with E-state index in [9.17, 15) is 0 Å². The number of hydrazone groups is 1. The Bertz CT molecular complexity index is 653. The minimum absolute atomic E-state index is 0.276. The Labute approximate surface area is 122 Å². The van der Waals surface area contributed by atoms with Crippen LogP contribution >= 0.6 is 11.6 Å². The molecular formula is C15H13ClN2O2. The minimum Gasteiger partial charge on any atom is -0.454 e. The molecule has 0 saturated carbocycles. The van der Waals surface area contributed by atoms with Gasteiger partial charge in [-0.15, -0.1) is 0 Å². The molecule has 2 aromatic rings. The maximum atomic E-state index is 5.84. The minimum atomic E-state index is 0.276. The third-order valence-corrected chi connectivity index (χ3v) is 3.24. The van der Waals surface area contributed by atoms with Crippen LogP contribution in [0.2, 0.25) is 5.02 Å². The molecule has 0 aromatic heterocycles. The maximum Gasteiger partial charge on any atom is 0.231 e. The van der Waals surface area contributed by atoms with Gasteiger partial charge in [0.1, 0.15) is 0 Å². The van der Waals surface area contributed by atoms with Gasteiger partial charge in [-0.2, -0.15) is 5.10 Å². The molecule has 0 radical (unpaired) electrons. The molecule has 0 saturated heterocycles. The van der Waals surface area contributed by atoms with Crippen molar-refractivity contribution in [1.29, 1.82) is 0 Å². The summed E-state index contributed by atoms with van der Waals surface area (Å²) in [6.07, 6.45) is 0. The van der Waals surface area contributed by atoms with Crippen molar-refractivity contribution >= 4 is 23.0 Å². The van der Waals surface area contributed by atoms with Crippen molar-refractivity contribution in [1.82, 2.24) is 0 Å². The second kappa shape index (κ2) is 5.43. The lowest BCUT2D eigenvalue weighted by molar-refractivity contribution is 0.174. The van der Waals surface area contributed by atoms with Gasteiger partial charge in [-0.3, -0.25) is 5.43 Å². The van der Waals surface area contributed by atoms with Crippen molar-refractivity contribution in [2.24, 2.45) is 5.10 Å². The third-order valence-electron chi connectivity index (χ3n) is 2.99. The summed E-state index contributed by atoms with van der Waals surface area (Å²) in [6.45, 7) is 2.21. The molecule has 1 N–H and O–H groups in total. The summed E-state index contributed by atoms with van der Waals surface area (Å²) in [4.78, 5) is 0. The SMILES string of the molecule is C/C(=N/Nc1ccc(Cl)cc1)c1ccc2c(c1)OCO2. The number of ether oxygens (including phenoxy) is 2. The largest absolute Gasteiger partial charge is 0.454 e. The maximum absolute atomic E-state index is 5.84. The van der Waals surface area contributed by atoms with Gasteiger partial charge < -0.3 is 9.47 Å². The van der Waals surface area contributed by atoms with Crippen LogP contribution in [0.25, 0.3) is 0 Å². The molecule has 1 heterocycles. The molecule has 0 spiro atoms. The monoisotopic (exact) mass is 288 g/mol. The van der Waals surface area contributed by atoms with Gasteiger partial charge in [0.05, 0.1) is 11.4 Å². The summed E-state index contributed by atoms with van der Waals surface area (Å²) in [5.74, 6) is 1.52. The van der Waals surface area contributed by atoms with E-state index in [0.717, 1.165) is 28.5 Å². The van der Waals surface area contributed by atoms with Crippen LogP contribution in [0.4, 0.5) is 5.69 Å². The first-order valence-corrected chi connectivity index (χ1v) is 6.56. The van der Waals surface area contributed by atoms with Crippen LogP contribution in [0.3, 0.4) is 0 Å². The van der Waals surface area contributed by atoms with E-state index in [1.54, 1.807) is 0 Å². The van der Waals surface area contributed by atoms with E-state index in [0.29, 0.717) is 5.02 Å². The lowest BCUT2D eigenvalue weighted by atomic mass is 10.1. The summed E-state index contributed by atoms with van der Waals surface area (Å²) in [6, 6.07) is 13.1. The van der Waals surface area contributed by atoms with Gasteiger partial charge in [-0.05, 0) is 49.4 Å². The summed E-state index contributed by atoms with van der Waals surface area (Å²) >= 11 is 5.84. The molecule has 102 valence electrons. The van der Waals surface area contributed by atoms with Crippen LogP contribution in [0.5, 0.6) is 11.5 Å². The quantitative estimate of drug-likeness (QED) is 0.688. The van der Waals surface area contributed by atoms with Gasteiger partial charge in [-0.1, -0.05) is 11.6 Å². The number of fused-ring (bicyclic) bond motifs is 1. The number of benzene rings is 2. The van der Waals surface area contributed by atoms with Crippen molar-refractivity contribution in [3.05, 3.63) is 53.1 Å². The zero-order valence-electron chi connectivity index (χ0n) is 10.9. The molecule has 0 fully saturated rings. The number of nitrogens with zero attached hydrogens (tertiary/aromatic N) is 1. The fourth-order valence-electron chi connectivity index (χ4n) is 1.86. The Hall–Kier alpha value is -2.20. The topological polar surface area (TPSA) is 42.9 Å². The number of rotatable bonds is 3. The fraction of sp³-hybridized carbons (Fsp3) is 0.133. The van der Waals surface area contributed by atoms with Crippen molar-refractivity contribution in [3.63, 3.8) is 0 Å². The highest BCUT2D eigenvalue weighted by Gasteiger charge is 2.13. The highest BCUT2D eigenvalue weighted by Crippen LogP contribution is 2.32. The predicted octanol–water partition coefficient (Wildman–Crippen LogP) is 3.90. The van der Waals surface area contributed by atoms with Gasteiger partial charge in [0, 0.05) is 10.6 Å². The Morgan fingerprint density at radius 1 is 1.10 bits per heavy atom.